The van der Waals surface area contributed by atoms with Gasteiger partial charge in [0.05, 0.1) is 11.4 Å². The fraction of sp³-hybridized carbons (Fsp3) is 0.324. The van der Waals surface area contributed by atoms with Crippen LogP contribution in [0.5, 0.6) is 0 Å². The topological polar surface area (TPSA) is 6.48 Å². The van der Waals surface area contributed by atoms with Gasteiger partial charge in [0, 0.05) is 48.4 Å². The van der Waals surface area contributed by atoms with Crippen molar-refractivity contribution < 1.29 is 0 Å². The molecule has 9 aromatic rings. The maximum Gasteiger partial charge on any atom is 0.264 e. The molecule has 0 atom stereocenters. The van der Waals surface area contributed by atoms with Crippen molar-refractivity contribution in [3.63, 3.8) is 0 Å². The molecule has 0 radical (unpaired) electrons. The van der Waals surface area contributed by atoms with Crippen LogP contribution >= 0.6 is 11.3 Å². The first-order chi connectivity index (χ1) is 34.5. The Morgan fingerprint density at radius 3 is 1.57 bits per heavy atom. The van der Waals surface area contributed by atoms with Gasteiger partial charge in [0.25, 0.3) is 6.71 Å². The molecular weight excluding hydrogens is 888 g/mol. The van der Waals surface area contributed by atoms with E-state index in [2.05, 4.69) is 224 Å². The fourth-order valence-corrected chi connectivity index (χ4v) is 16.3. The Balaban J connectivity index is 1.09. The van der Waals surface area contributed by atoms with Gasteiger partial charge in [-0.15, -0.1) is 11.3 Å². The smallest absolute Gasteiger partial charge is 0.264 e. The number of fused-ring (bicyclic) bond motifs is 8. The van der Waals surface area contributed by atoms with Gasteiger partial charge in [0.15, 0.2) is 0 Å². The SMILES string of the molecule is CC(C)(C)c1ccc2c(c1)N(c1c3ccccc3c(-c3ccccc3)c3ccccc13)c1cc(C(C)(C)C)cc3c1B2c1sc2ccc(C(C)(C)C)cc2c1N3c1ccc(C23CC4CC(CC(C4)C2)C3)cc1. The molecule has 0 N–H and O–H groups in total. The average Bonchev–Trinajstić information content (AvgIpc) is 3.73. The molecule has 0 amide bonds. The van der Waals surface area contributed by atoms with Crippen molar-refractivity contribution in [2.75, 3.05) is 9.80 Å². The molecule has 0 spiro atoms. The Hall–Kier alpha value is -6.10. The minimum atomic E-state index is -0.133. The minimum absolute atomic E-state index is 0.00933. The Bertz CT molecular complexity index is 3600. The van der Waals surface area contributed by atoms with Crippen LogP contribution < -0.4 is 25.5 Å². The van der Waals surface area contributed by atoms with Crippen LogP contribution in [0.4, 0.5) is 34.1 Å². The quantitative estimate of drug-likeness (QED) is 0.128. The highest BCUT2D eigenvalue weighted by molar-refractivity contribution is 7.33. The molecule has 0 unspecified atom stereocenters. The van der Waals surface area contributed by atoms with Gasteiger partial charge in [-0.05, 0) is 175 Å². The molecule has 2 aliphatic heterocycles. The van der Waals surface area contributed by atoms with Crippen LogP contribution in [0, 0.1) is 17.8 Å². The first kappa shape index (κ1) is 44.6. The Morgan fingerprint density at radius 2 is 0.986 bits per heavy atom. The molecule has 8 aromatic carbocycles. The van der Waals surface area contributed by atoms with Gasteiger partial charge in [0.1, 0.15) is 0 Å². The van der Waals surface area contributed by atoms with Gasteiger partial charge in [-0.3, -0.25) is 0 Å². The molecule has 4 saturated carbocycles. The fourth-order valence-electron chi connectivity index (χ4n) is 15.0. The average molecular weight is 955 g/mol. The number of rotatable bonds is 4. The Morgan fingerprint density at radius 1 is 0.472 bits per heavy atom. The summed E-state index contributed by atoms with van der Waals surface area (Å²) >= 11 is 2.02. The van der Waals surface area contributed by atoms with Gasteiger partial charge in [-0.25, -0.2) is 0 Å². The van der Waals surface area contributed by atoms with E-state index in [0.717, 1.165) is 17.8 Å². The van der Waals surface area contributed by atoms with E-state index in [1.807, 2.05) is 11.3 Å². The van der Waals surface area contributed by atoms with Crippen LogP contribution in [0.15, 0.2) is 152 Å². The highest BCUT2D eigenvalue weighted by Crippen LogP contribution is 2.61. The third-order valence-corrected chi connectivity index (χ3v) is 19.5. The largest absolute Gasteiger partial charge is 0.310 e. The van der Waals surface area contributed by atoms with Crippen LogP contribution in [0.2, 0.25) is 0 Å². The summed E-state index contributed by atoms with van der Waals surface area (Å²) in [5, 5.41) is 6.44. The van der Waals surface area contributed by atoms with E-state index < -0.39 is 0 Å². The van der Waals surface area contributed by atoms with Crippen LogP contribution in [-0.2, 0) is 21.7 Å². The molecule has 15 rings (SSSR count). The molecule has 3 heterocycles. The lowest BCUT2D eigenvalue weighted by Crippen LogP contribution is -2.60. The van der Waals surface area contributed by atoms with E-state index in [1.54, 1.807) is 5.56 Å². The molecule has 6 aliphatic rings. The second-order valence-corrected chi connectivity index (χ2v) is 27.1. The van der Waals surface area contributed by atoms with E-state index in [9.17, 15) is 0 Å². The molecule has 1 aromatic heterocycles. The van der Waals surface area contributed by atoms with Gasteiger partial charge in [0.2, 0.25) is 0 Å². The van der Waals surface area contributed by atoms with Crippen molar-refractivity contribution in [3.05, 3.63) is 174 Å². The van der Waals surface area contributed by atoms with Gasteiger partial charge < -0.3 is 9.80 Å². The van der Waals surface area contributed by atoms with Crippen molar-refractivity contribution in [1.82, 2.24) is 0 Å². The highest BCUT2D eigenvalue weighted by atomic mass is 32.1. The predicted octanol–water partition coefficient (Wildman–Crippen LogP) is 17.3. The van der Waals surface area contributed by atoms with E-state index in [0.29, 0.717) is 5.41 Å². The van der Waals surface area contributed by atoms with Crippen molar-refractivity contribution in [2.24, 2.45) is 17.8 Å². The zero-order valence-electron chi connectivity index (χ0n) is 43.8. The van der Waals surface area contributed by atoms with Gasteiger partial charge in [-0.2, -0.15) is 0 Å². The number of hydrogen-bond donors (Lipinski definition) is 0. The molecular formula is C68H67BN2S. The van der Waals surface area contributed by atoms with Crippen LogP contribution in [-0.4, -0.2) is 6.71 Å². The lowest BCUT2D eigenvalue weighted by atomic mass is 9.36. The standard InChI is InChI=1S/C68H67BN2S/c1-65(2,3)46-26-30-59-54(34-46)63-64(72-59)69-55-29-25-47(66(4,5)6)35-56(55)71(62-52-21-15-13-19-50(52)60(44-17-11-10-12-18-44)51-20-14-16-22-53(51)62)58-37-48(67(7,8)9)36-57(61(58)69)70(63)49-27-23-45(24-28-49)68-38-41-31-42(39-68)33-43(32-41)40-68/h10-30,34-37,41-43H,31-33,38-40H2,1-9H3. The minimum Gasteiger partial charge on any atom is -0.310 e. The maximum atomic E-state index is 2.74. The summed E-state index contributed by atoms with van der Waals surface area (Å²) in [6, 6.07) is 59.8. The van der Waals surface area contributed by atoms with E-state index in [4.69, 9.17) is 0 Å². The molecule has 0 saturated heterocycles. The van der Waals surface area contributed by atoms with Crippen molar-refractivity contribution in [1.29, 1.82) is 0 Å². The molecule has 4 heteroatoms. The zero-order valence-corrected chi connectivity index (χ0v) is 44.6. The van der Waals surface area contributed by atoms with Crippen molar-refractivity contribution >= 4 is 99.5 Å². The number of hydrogen-bond acceptors (Lipinski definition) is 3. The van der Waals surface area contributed by atoms with Crippen LogP contribution in [0.3, 0.4) is 0 Å². The Labute approximate surface area is 432 Å². The first-order valence-electron chi connectivity index (χ1n) is 27.1. The normalized spacial score (nSPS) is 21.2. The number of nitrogens with zero attached hydrogens (tertiary/aromatic N) is 2. The summed E-state index contributed by atoms with van der Waals surface area (Å²) in [4.78, 5) is 5.47. The van der Waals surface area contributed by atoms with Crippen molar-refractivity contribution in [2.45, 2.75) is 122 Å². The summed E-state index contributed by atoms with van der Waals surface area (Å²) in [5.41, 5.74) is 18.9. The number of anilines is 6. The summed E-state index contributed by atoms with van der Waals surface area (Å²) < 4.78 is 2.80. The summed E-state index contributed by atoms with van der Waals surface area (Å²) in [7, 11) is 0. The van der Waals surface area contributed by atoms with Gasteiger partial charge >= 0.3 is 0 Å². The monoisotopic (exact) mass is 955 g/mol. The lowest BCUT2D eigenvalue weighted by molar-refractivity contribution is -0.00518. The van der Waals surface area contributed by atoms with Crippen LogP contribution in [0.25, 0.3) is 42.8 Å². The summed E-state index contributed by atoms with van der Waals surface area (Å²) in [6.07, 6.45) is 8.52. The molecule has 4 fully saturated rings. The van der Waals surface area contributed by atoms with Crippen molar-refractivity contribution in [3.8, 4) is 11.1 Å². The Kier molecular flexibility index (Phi) is 9.58. The van der Waals surface area contributed by atoms with E-state index in [1.165, 1.54) is 148 Å². The second kappa shape index (κ2) is 15.5. The maximum absolute atomic E-state index is 2.74. The lowest BCUT2D eigenvalue weighted by Gasteiger charge is -2.57. The highest BCUT2D eigenvalue weighted by Gasteiger charge is 2.52. The predicted molar refractivity (Wildman–Crippen MR) is 312 cm³/mol. The van der Waals surface area contributed by atoms with E-state index in [-0.39, 0.29) is 23.0 Å². The first-order valence-corrected chi connectivity index (χ1v) is 27.9. The zero-order chi connectivity index (χ0) is 49.2. The number of benzene rings is 8. The van der Waals surface area contributed by atoms with E-state index >= 15 is 0 Å². The molecule has 72 heavy (non-hydrogen) atoms. The molecule has 2 nitrogen and oxygen atoms in total. The third kappa shape index (κ3) is 6.66. The molecule has 4 aliphatic carbocycles. The molecule has 358 valence electrons. The van der Waals surface area contributed by atoms with Gasteiger partial charge in [-0.1, -0.05) is 172 Å². The molecule has 4 bridgehead atoms. The van der Waals surface area contributed by atoms with Crippen LogP contribution in [0.1, 0.15) is 123 Å². The second-order valence-electron chi connectivity index (χ2n) is 26.0. The number of thiophene rings is 1. The summed E-state index contributed by atoms with van der Waals surface area (Å²) in [6.45, 7) is 21.5. The third-order valence-electron chi connectivity index (χ3n) is 18.2. The summed E-state index contributed by atoms with van der Waals surface area (Å²) in [5.74, 6) is 2.73.